The molecule has 26 heavy (non-hydrogen) atoms. The van der Waals surface area contributed by atoms with Crippen LogP contribution in [0.1, 0.15) is 30.7 Å². The van der Waals surface area contributed by atoms with E-state index in [9.17, 15) is 4.39 Å². The first-order valence-electron chi connectivity index (χ1n) is 9.35. The average molecular weight is 371 g/mol. The standard InChI is InChI=1S/C22H24ClFN2/c1-3-25-14-19-18-5-4-6-20(24)22(18)26(21(19)13-15(25)2)12-11-16-7-9-17(23)10-8-16/h4-10,15H,3,11-14H2,1-2H3. The fraction of sp³-hybridized carbons (Fsp3) is 0.364. The summed E-state index contributed by atoms with van der Waals surface area (Å²) in [6.45, 7) is 7.17. The monoisotopic (exact) mass is 370 g/mol. The molecule has 4 rings (SSSR count). The second-order valence-corrected chi connectivity index (χ2v) is 7.64. The van der Waals surface area contributed by atoms with Gasteiger partial charge in [0.05, 0.1) is 5.52 Å². The largest absolute Gasteiger partial charge is 0.342 e. The Morgan fingerprint density at radius 2 is 1.92 bits per heavy atom. The molecule has 0 N–H and O–H groups in total. The lowest BCUT2D eigenvalue weighted by atomic mass is 9.99. The van der Waals surface area contributed by atoms with Crippen LogP contribution in [0.2, 0.25) is 5.02 Å². The SMILES string of the molecule is CCN1Cc2c(n(CCc3ccc(Cl)cc3)c3c(F)cccc23)CC1C. The van der Waals surface area contributed by atoms with Crippen LogP contribution >= 0.6 is 11.6 Å². The number of aryl methyl sites for hydroxylation is 2. The van der Waals surface area contributed by atoms with Crippen molar-refractivity contribution in [3.05, 3.63) is 70.1 Å². The van der Waals surface area contributed by atoms with Crippen molar-refractivity contribution in [2.24, 2.45) is 0 Å². The topological polar surface area (TPSA) is 8.17 Å². The highest BCUT2D eigenvalue weighted by atomic mass is 35.5. The van der Waals surface area contributed by atoms with Gasteiger partial charge in [-0.2, -0.15) is 0 Å². The summed E-state index contributed by atoms with van der Waals surface area (Å²) in [6.07, 6.45) is 1.84. The van der Waals surface area contributed by atoms with E-state index in [1.165, 1.54) is 16.8 Å². The van der Waals surface area contributed by atoms with Gasteiger partial charge in [0.1, 0.15) is 5.82 Å². The summed E-state index contributed by atoms with van der Waals surface area (Å²) in [7, 11) is 0. The molecule has 4 heteroatoms. The summed E-state index contributed by atoms with van der Waals surface area (Å²) in [5.74, 6) is -0.122. The summed E-state index contributed by atoms with van der Waals surface area (Å²) >= 11 is 5.99. The maximum absolute atomic E-state index is 14.7. The van der Waals surface area contributed by atoms with Gasteiger partial charge in [0.15, 0.2) is 0 Å². The Morgan fingerprint density at radius 3 is 2.65 bits per heavy atom. The average Bonchev–Trinajstić information content (AvgIpc) is 2.94. The molecule has 2 nitrogen and oxygen atoms in total. The Hall–Kier alpha value is -1.84. The number of fused-ring (bicyclic) bond motifs is 3. The molecule has 0 saturated heterocycles. The first-order chi connectivity index (χ1) is 12.6. The van der Waals surface area contributed by atoms with E-state index in [0.717, 1.165) is 48.4 Å². The van der Waals surface area contributed by atoms with Gasteiger partial charge in [0.2, 0.25) is 0 Å². The fourth-order valence-electron chi connectivity index (χ4n) is 4.23. The number of likely N-dealkylation sites (N-methyl/N-ethyl adjacent to an activating group) is 1. The molecule has 2 aromatic carbocycles. The summed E-state index contributed by atoms with van der Waals surface area (Å²) in [5, 5.41) is 1.82. The zero-order valence-electron chi connectivity index (χ0n) is 15.3. The van der Waals surface area contributed by atoms with Crippen LogP contribution in [0.5, 0.6) is 0 Å². The van der Waals surface area contributed by atoms with Gasteiger partial charge in [0.25, 0.3) is 0 Å². The molecule has 3 aromatic rings. The number of nitrogens with zero attached hydrogens (tertiary/aromatic N) is 2. The molecule has 1 aliphatic heterocycles. The third-order valence-corrected chi connectivity index (χ3v) is 5.92. The van der Waals surface area contributed by atoms with Gasteiger partial charge in [-0.25, -0.2) is 4.39 Å². The molecule has 1 unspecified atom stereocenters. The zero-order chi connectivity index (χ0) is 18.3. The normalized spacial score (nSPS) is 17.6. The van der Waals surface area contributed by atoms with Crippen LogP contribution in [0.4, 0.5) is 4.39 Å². The maximum atomic E-state index is 14.7. The number of benzene rings is 2. The number of rotatable bonds is 4. The lowest BCUT2D eigenvalue weighted by molar-refractivity contribution is 0.192. The number of para-hydroxylation sites is 1. The van der Waals surface area contributed by atoms with Gasteiger partial charge in [-0.1, -0.05) is 42.8 Å². The predicted octanol–water partition coefficient (Wildman–Crippen LogP) is 5.44. The summed E-state index contributed by atoms with van der Waals surface area (Å²) in [4.78, 5) is 2.47. The van der Waals surface area contributed by atoms with E-state index in [2.05, 4.69) is 41.5 Å². The van der Waals surface area contributed by atoms with Crippen LogP contribution in [-0.4, -0.2) is 22.1 Å². The molecule has 1 atom stereocenters. The highest BCUT2D eigenvalue weighted by Crippen LogP contribution is 2.34. The molecular weight excluding hydrogens is 347 g/mol. The van der Waals surface area contributed by atoms with Crippen LogP contribution in [0.25, 0.3) is 10.9 Å². The lowest BCUT2D eigenvalue weighted by Gasteiger charge is -2.33. The second kappa shape index (κ2) is 7.05. The van der Waals surface area contributed by atoms with Crippen molar-refractivity contribution in [2.45, 2.75) is 45.8 Å². The number of hydrogen-bond acceptors (Lipinski definition) is 1. The molecule has 1 aliphatic rings. The maximum Gasteiger partial charge on any atom is 0.147 e. The van der Waals surface area contributed by atoms with Gasteiger partial charge in [-0.3, -0.25) is 4.90 Å². The number of aromatic nitrogens is 1. The smallest absolute Gasteiger partial charge is 0.147 e. The van der Waals surface area contributed by atoms with Crippen molar-refractivity contribution >= 4 is 22.5 Å². The van der Waals surface area contributed by atoms with Crippen molar-refractivity contribution in [1.29, 1.82) is 0 Å². The Kier molecular flexibility index (Phi) is 4.76. The molecule has 0 amide bonds. The van der Waals surface area contributed by atoms with Gasteiger partial charge in [-0.15, -0.1) is 0 Å². The molecule has 0 saturated carbocycles. The fourth-order valence-corrected chi connectivity index (χ4v) is 4.35. The van der Waals surface area contributed by atoms with Gasteiger partial charge >= 0.3 is 0 Å². The Morgan fingerprint density at radius 1 is 1.15 bits per heavy atom. The Bertz CT molecular complexity index is 929. The van der Waals surface area contributed by atoms with Crippen molar-refractivity contribution in [1.82, 2.24) is 9.47 Å². The van der Waals surface area contributed by atoms with Gasteiger partial charge in [0, 0.05) is 41.7 Å². The Balaban J connectivity index is 1.76. The van der Waals surface area contributed by atoms with Gasteiger partial charge < -0.3 is 4.57 Å². The Labute approximate surface area is 159 Å². The first kappa shape index (κ1) is 17.6. The van der Waals surface area contributed by atoms with E-state index < -0.39 is 0 Å². The van der Waals surface area contributed by atoms with Crippen LogP contribution < -0.4 is 0 Å². The molecular formula is C22H24ClFN2. The third-order valence-electron chi connectivity index (χ3n) is 5.67. The van der Waals surface area contributed by atoms with E-state index >= 15 is 0 Å². The van der Waals surface area contributed by atoms with E-state index in [-0.39, 0.29) is 5.82 Å². The van der Waals surface area contributed by atoms with Crippen LogP contribution in [-0.2, 0) is 25.9 Å². The molecule has 2 heterocycles. The van der Waals surface area contributed by atoms with Crippen molar-refractivity contribution < 1.29 is 4.39 Å². The number of halogens is 2. The van der Waals surface area contributed by atoms with Crippen molar-refractivity contribution in [3.63, 3.8) is 0 Å². The third kappa shape index (κ3) is 3.04. The lowest BCUT2D eigenvalue weighted by Crippen LogP contribution is -2.38. The minimum absolute atomic E-state index is 0.122. The van der Waals surface area contributed by atoms with Crippen molar-refractivity contribution in [2.75, 3.05) is 6.54 Å². The minimum Gasteiger partial charge on any atom is -0.342 e. The molecule has 1 aromatic heterocycles. The minimum atomic E-state index is -0.122. The van der Waals surface area contributed by atoms with E-state index in [1.807, 2.05) is 18.2 Å². The predicted molar refractivity (Wildman–Crippen MR) is 106 cm³/mol. The quantitative estimate of drug-likeness (QED) is 0.593. The van der Waals surface area contributed by atoms with Crippen LogP contribution in [0, 0.1) is 5.82 Å². The molecule has 0 bridgehead atoms. The molecule has 0 spiro atoms. The molecule has 0 radical (unpaired) electrons. The highest BCUT2D eigenvalue weighted by Gasteiger charge is 2.28. The van der Waals surface area contributed by atoms with Crippen LogP contribution in [0.3, 0.4) is 0 Å². The van der Waals surface area contributed by atoms with E-state index in [0.29, 0.717) is 6.04 Å². The van der Waals surface area contributed by atoms with E-state index in [1.54, 1.807) is 6.07 Å². The first-order valence-corrected chi connectivity index (χ1v) is 9.73. The van der Waals surface area contributed by atoms with Crippen LogP contribution in [0.15, 0.2) is 42.5 Å². The summed E-state index contributed by atoms with van der Waals surface area (Å²) in [5.41, 5.74) is 4.59. The van der Waals surface area contributed by atoms with E-state index in [4.69, 9.17) is 11.6 Å². The zero-order valence-corrected chi connectivity index (χ0v) is 16.1. The summed E-state index contributed by atoms with van der Waals surface area (Å²) < 4.78 is 17.0. The number of hydrogen-bond donors (Lipinski definition) is 0. The molecule has 0 aliphatic carbocycles. The summed E-state index contributed by atoms with van der Waals surface area (Å²) in [6, 6.07) is 13.9. The molecule has 0 fully saturated rings. The molecule has 136 valence electrons. The van der Waals surface area contributed by atoms with Gasteiger partial charge in [-0.05, 0) is 49.2 Å². The highest BCUT2D eigenvalue weighted by molar-refractivity contribution is 6.30. The van der Waals surface area contributed by atoms with Crippen molar-refractivity contribution in [3.8, 4) is 0 Å². The second-order valence-electron chi connectivity index (χ2n) is 7.21.